The zero-order valence-corrected chi connectivity index (χ0v) is 9.93. The molecule has 0 saturated carbocycles. The van der Waals surface area contributed by atoms with Crippen LogP contribution in [0.3, 0.4) is 0 Å². The highest BCUT2D eigenvalue weighted by Gasteiger charge is 2.18. The Bertz CT molecular complexity index is 443. The average molecular weight is 236 g/mol. The van der Waals surface area contributed by atoms with Crippen molar-refractivity contribution in [2.24, 2.45) is 0 Å². The van der Waals surface area contributed by atoms with Gasteiger partial charge in [-0.3, -0.25) is 10.1 Å². The van der Waals surface area contributed by atoms with Crippen LogP contribution in [0.25, 0.3) is 6.08 Å². The van der Waals surface area contributed by atoms with Gasteiger partial charge in [-0.1, -0.05) is 12.2 Å². The molecule has 3 N–H and O–H groups in total. The normalized spacial score (nSPS) is 10.9. The monoisotopic (exact) mass is 236 g/mol. The van der Waals surface area contributed by atoms with Crippen LogP contribution in [0.5, 0.6) is 0 Å². The van der Waals surface area contributed by atoms with E-state index in [1.54, 1.807) is 13.1 Å². The Morgan fingerprint density at radius 3 is 2.94 bits per heavy atom. The number of hydrogen-bond acceptors (Lipinski definition) is 5. The van der Waals surface area contributed by atoms with Crippen molar-refractivity contribution in [3.05, 3.63) is 33.5 Å². The van der Waals surface area contributed by atoms with Crippen molar-refractivity contribution in [2.45, 2.75) is 13.3 Å². The summed E-state index contributed by atoms with van der Waals surface area (Å²) in [6.45, 7) is 2.54. The fourth-order valence-electron chi connectivity index (χ4n) is 1.46. The highest BCUT2D eigenvalue weighted by atomic mass is 16.6. The summed E-state index contributed by atoms with van der Waals surface area (Å²) in [4.78, 5) is 14.2. The predicted molar refractivity (Wildman–Crippen MR) is 67.6 cm³/mol. The molecule has 1 rings (SSSR count). The van der Waals surface area contributed by atoms with Gasteiger partial charge < -0.3 is 11.1 Å². The first-order valence-corrected chi connectivity index (χ1v) is 5.28. The second kappa shape index (κ2) is 5.95. The zero-order chi connectivity index (χ0) is 12.8. The molecule has 0 amide bonds. The molecule has 0 aromatic carbocycles. The van der Waals surface area contributed by atoms with Crippen LogP contribution in [0.1, 0.15) is 17.5 Å². The van der Waals surface area contributed by atoms with Crippen LogP contribution >= 0.6 is 0 Å². The van der Waals surface area contributed by atoms with Crippen molar-refractivity contribution in [1.29, 1.82) is 0 Å². The third-order valence-electron chi connectivity index (χ3n) is 2.41. The molecule has 6 heteroatoms. The number of pyridine rings is 1. The molecule has 0 aliphatic carbocycles. The molecule has 0 radical (unpaired) electrons. The molecule has 0 saturated heterocycles. The van der Waals surface area contributed by atoms with E-state index in [9.17, 15) is 10.1 Å². The smallest absolute Gasteiger partial charge is 0.314 e. The summed E-state index contributed by atoms with van der Waals surface area (Å²) in [6.07, 6.45) is 6.17. The fraction of sp³-hybridized carbons (Fsp3) is 0.364. The van der Waals surface area contributed by atoms with Gasteiger partial charge in [-0.25, -0.2) is 4.98 Å². The lowest BCUT2D eigenvalue weighted by atomic mass is 10.1. The summed E-state index contributed by atoms with van der Waals surface area (Å²) in [5, 5.41) is 13.8. The number of anilines is 1. The summed E-state index contributed by atoms with van der Waals surface area (Å²) < 4.78 is 0. The first-order chi connectivity index (χ1) is 8.07. The molecule has 1 heterocycles. The van der Waals surface area contributed by atoms with Gasteiger partial charge in [0.25, 0.3) is 0 Å². The van der Waals surface area contributed by atoms with Gasteiger partial charge >= 0.3 is 5.69 Å². The van der Waals surface area contributed by atoms with Crippen molar-refractivity contribution in [1.82, 2.24) is 10.3 Å². The maximum Gasteiger partial charge on any atom is 0.314 e. The molecule has 6 nitrogen and oxygen atoms in total. The van der Waals surface area contributed by atoms with E-state index in [4.69, 9.17) is 5.73 Å². The number of nitrogens with one attached hydrogen (secondary N) is 1. The highest BCUT2D eigenvalue weighted by Crippen LogP contribution is 2.26. The summed E-state index contributed by atoms with van der Waals surface area (Å²) in [5.41, 5.74) is 6.64. The lowest BCUT2D eigenvalue weighted by Gasteiger charge is -2.03. The number of rotatable bonds is 5. The molecule has 0 fully saturated rings. The van der Waals surface area contributed by atoms with Crippen molar-refractivity contribution in [2.75, 3.05) is 19.3 Å². The van der Waals surface area contributed by atoms with Crippen LogP contribution in [0.4, 0.5) is 11.5 Å². The Hall–Kier alpha value is -1.95. The van der Waals surface area contributed by atoms with Crippen molar-refractivity contribution in [3.8, 4) is 0 Å². The van der Waals surface area contributed by atoms with E-state index in [0.29, 0.717) is 5.56 Å². The molecule has 0 atom stereocenters. The number of hydrogen-bond donors (Lipinski definition) is 2. The number of nitrogens with zero attached hydrogens (tertiary/aromatic N) is 2. The first kappa shape index (κ1) is 13.1. The Kier molecular flexibility index (Phi) is 4.59. The third kappa shape index (κ3) is 3.25. The topological polar surface area (TPSA) is 94.1 Å². The summed E-state index contributed by atoms with van der Waals surface area (Å²) in [7, 11) is 1.87. The fourth-order valence-corrected chi connectivity index (χ4v) is 1.46. The van der Waals surface area contributed by atoms with Gasteiger partial charge in [0, 0.05) is 17.3 Å². The minimum absolute atomic E-state index is 0.0418. The van der Waals surface area contributed by atoms with Gasteiger partial charge in [0.15, 0.2) is 0 Å². The van der Waals surface area contributed by atoms with Crippen molar-refractivity contribution >= 4 is 17.6 Å². The minimum Gasteiger partial charge on any atom is -0.378 e. The average Bonchev–Trinajstić information content (AvgIpc) is 2.26. The van der Waals surface area contributed by atoms with E-state index in [0.717, 1.165) is 18.5 Å². The second-order valence-electron chi connectivity index (χ2n) is 3.62. The SMILES string of the molecule is CNCCC=Cc1cnc(N)c([N+](=O)[O-])c1C. The highest BCUT2D eigenvalue weighted by molar-refractivity contribution is 5.66. The molecule has 17 heavy (non-hydrogen) atoms. The van der Waals surface area contributed by atoms with Crippen LogP contribution in [-0.4, -0.2) is 23.5 Å². The number of aromatic nitrogens is 1. The molecular weight excluding hydrogens is 220 g/mol. The van der Waals surface area contributed by atoms with E-state index in [-0.39, 0.29) is 11.5 Å². The zero-order valence-electron chi connectivity index (χ0n) is 9.93. The largest absolute Gasteiger partial charge is 0.378 e. The Balaban J connectivity index is 2.98. The van der Waals surface area contributed by atoms with E-state index < -0.39 is 4.92 Å². The standard InChI is InChI=1S/C11H16N4O2/c1-8-9(5-3-4-6-13-2)7-14-11(12)10(8)15(16)17/h3,5,7,13H,4,6H2,1-2H3,(H2,12,14). The van der Waals surface area contributed by atoms with Crippen LogP contribution in [0.15, 0.2) is 12.3 Å². The van der Waals surface area contributed by atoms with E-state index in [1.165, 1.54) is 0 Å². The second-order valence-corrected chi connectivity index (χ2v) is 3.62. The molecule has 0 bridgehead atoms. The van der Waals surface area contributed by atoms with Gasteiger partial charge in [-0.05, 0) is 26.9 Å². The van der Waals surface area contributed by atoms with Crippen LogP contribution in [0, 0.1) is 17.0 Å². The molecule has 92 valence electrons. The predicted octanol–water partition coefficient (Wildman–Crippen LogP) is 1.50. The van der Waals surface area contributed by atoms with Crippen molar-refractivity contribution < 1.29 is 4.92 Å². The minimum atomic E-state index is -0.497. The van der Waals surface area contributed by atoms with E-state index in [2.05, 4.69) is 10.3 Å². The lowest BCUT2D eigenvalue weighted by molar-refractivity contribution is -0.384. The van der Waals surface area contributed by atoms with Crippen LogP contribution in [0.2, 0.25) is 0 Å². The summed E-state index contributed by atoms with van der Waals surface area (Å²) >= 11 is 0. The maximum atomic E-state index is 10.8. The molecule has 0 aliphatic heterocycles. The molecule has 1 aromatic heterocycles. The first-order valence-electron chi connectivity index (χ1n) is 5.28. The molecular formula is C11H16N4O2. The Morgan fingerprint density at radius 1 is 1.65 bits per heavy atom. The summed E-state index contributed by atoms with van der Waals surface area (Å²) in [5.74, 6) is -0.0418. The molecule has 1 aromatic rings. The Labute approximate surface area is 99.7 Å². The van der Waals surface area contributed by atoms with Gasteiger partial charge in [0.2, 0.25) is 5.82 Å². The number of nitrogen functional groups attached to an aromatic ring is 1. The van der Waals surface area contributed by atoms with Gasteiger partial charge in [-0.2, -0.15) is 0 Å². The van der Waals surface area contributed by atoms with Gasteiger partial charge in [0.1, 0.15) is 0 Å². The molecule has 0 aliphatic rings. The van der Waals surface area contributed by atoms with Gasteiger partial charge in [-0.15, -0.1) is 0 Å². The third-order valence-corrected chi connectivity index (χ3v) is 2.41. The Morgan fingerprint density at radius 2 is 2.35 bits per heavy atom. The van der Waals surface area contributed by atoms with Crippen LogP contribution in [-0.2, 0) is 0 Å². The maximum absolute atomic E-state index is 10.8. The molecule has 0 spiro atoms. The quantitative estimate of drug-likeness (QED) is 0.459. The van der Waals surface area contributed by atoms with E-state index >= 15 is 0 Å². The van der Waals surface area contributed by atoms with Gasteiger partial charge in [0.05, 0.1) is 4.92 Å². The number of nitrogens with two attached hydrogens (primary N) is 1. The van der Waals surface area contributed by atoms with Crippen molar-refractivity contribution in [3.63, 3.8) is 0 Å². The van der Waals surface area contributed by atoms with Crippen LogP contribution < -0.4 is 11.1 Å². The van der Waals surface area contributed by atoms with E-state index in [1.807, 2.05) is 19.2 Å². The molecule has 0 unspecified atom stereocenters. The lowest BCUT2D eigenvalue weighted by Crippen LogP contribution is -2.05. The summed E-state index contributed by atoms with van der Waals surface area (Å²) in [6, 6.07) is 0. The number of nitro groups is 1.